The van der Waals surface area contributed by atoms with Crippen molar-refractivity contribution < 1.29 is 9.50 Å². The third-order valence-electron chi connectivity index (χ3n) is 5.58. The molecule has 0 unspecified atom stereocenters. The highest BCUT2D eigenvalue weighted by atomic mass is 35.5. The van der Waals surface area contributed by atoms with E-state index in [4.69, 9.17) is 22.7 Å². The van der Waals surface area contributed by atoms with Gasteiger partial charge in [-0.15, -0.1) is 0 Å². The van der Waals surface area contributed by atoms with Gasteiger partial charge in [-0.05, 0) is 54.6 Å². The Bertz CT molecular complexity index is 1470. The highest BCUT2D eigenvalue weighted by molar-refractivity contribution is 6.32. The third kappa shape index (κ3) is 4.21. The molecule has 0 bridgehead atoms. The summed E-state index contributed by atoms with van der Waals surface area (Å²) in [6.45, 7) is 0.309. The number of nitrogen functional groups attached to an aromatic ring is 1. The number of imidazole rings is 1. The molecular weight excluding hydrogens is 457 g/mol. The molecule has 3 aromatic carbocycles. The molecular formula is C25H23ClFN5O2. The molecule has 0 aliphatic carbocycles. The summed E-state index contributed by atoms with van der Waals surface area (Å²) < 4.78 is 17.5. The number of aromatic nitrogens is 2. The quantitative estimate of drug-likeness (QED) is 0.246. The number of hydrogen-bond acceptors (Lipinski definition) is 5. The number of aryl methyl sites for hydroxylation is 1. The fourth-order valence-corrected chi connectivity index (χ4v) is 4.09. The lowest BCUT2D eigenvalue weighted by Gasteiger charge is -2.15. The van der Waals surface area contributed by atoms with Crippen molar-refractivity contribution in [2.24, 2.45) is 7.05 Å². The maximum atomic E-state index is 14.7. The van der Waals surface area contributed by atoms with Crippen molar-refractivity contribution in [3.63, 3.8) is 0 Å². The molecule has 7 nitrogen and oxygen atoms in total. The van der Waals surface area contributed by atoms with Gasteiger partial charge >= 0.3 is 5.69 Å². The van der Waals surface area contributed by atoms with Gasteiger partial charge < -0.3 is 26.1 Å². The third-order valence-corrected chi connectivity index (χ3v) is 5.89. The molecule has 0 fully saturated rings. The number of hydrogen-bond donors (Lipinski definition) is 4. The Hall–Kier alpha value is -3.88. The molecule has 0 radical (unpaired) electrons. The van der Waals surface area contributed by atoms with E-state index in [1.807, 2.05) is 0 Å². The Balaban J connectivity index is 1.81. The van der Waals surface area contributed by atoms with Crippen molar-refractivity contribution in [1.82, 2.24) is 14.5 Å². The maximum Gasteiger partial charge on any atom is 0.332 e. The lowest BCUT2D eigenvalue weighted by atomic mass is 9.94. The zero-order valence-corrected chi connectivity index (χ0v) is 19.3. The zero-order chi connectivity index (χ0) is 24.6. The number of benzene rings is 3. The smallest absolute Gasteiger partial charge is 0.332 e. The van der Waals surface area contributed by atoms with Gasteiger partial charge in [-0.25, -0.2) is 9.18 Å². The number of likely N-dealkylation sites (N-methyl/N-ethyl adjacent to an activating group) is 1. The first kappa shape index (κ1) is 23.3. The van der Waals surface area contributed by atoms with Crippen LogP contribution in [0.4, 0.5) is 10.1 Å². The van der Waals surface area contributed by atoms with E-state index in [0.29, 0.717) is 34.6 Å². The van der Waals surface area contributed by atoms with E-state index < -0.39 is 5.82 Å². The predicted molar refractivity (Wildman–Crippen MR) is 134 cm³/mol. The fraction of sp³-hybridized carbons (Fsp3) is 0.120. The van der Waals surface area contributed by atoms with Gasteiger partial charge in [-0.2, -0.15) is 0 Å². The van der Waals surface area contributed by atoms with E-state index in [9.17, 15) is 14.3 Å². The monoisotopic (exact) mass is 479 g/mol. The highest BCUT2D eigenvalue weighted by Gasteiger charge is 2.17. The van der Waals surface area contributed by atoms with Crippen LogP contribution >= 0.6 is 11.6 Å². The minimum absolute atomic E-state index is 0.141. The normalized spacial score (nSPS) is 11.1. The van der Waals surface area contributed by atoms with Crippen LogP contribution in [0, 0.1) is 11.2 Å². The van der Waals surface area contributed by atoms with Gasteiger partial charge in [-0.1, -0.05) is 23.7 Å². The van der Waals surface area contributed by atoms with Crippen LogP contribution in [0.1, 0.15) is 5.56 Å². The van der Waals surface area contributed by atoms with Crippen molar-refractivity contribution in [2.75, 3.05) is 19.3 Å². The van der Waals surface area contributed by atoms with Gasteiger partial charge in [0, 0.05) is 48.4 Å². The molecule has 1 aromatic heterocycles. The van der Waals surface area contributed by atoms with Crippen molar-refractivity contribution >= 4 is 23.0 Å². The van der Waals surface area contributed by atoms with Crippen LogP contribution < -0.4 is 16.7 Å². The SMILES string of the molecule is CNCC(=N)c1cc(-c2cc(F)cc(-c3ccc(-n4ccn(C)c4=O)c(Cl)c3)c2O)ccc1N. The first-order valence-electron chi connectivity index (χ1n) is 10.4. The number of phenolic OH excluding ortho intramolecular Hbond substituents is 1. The fourth-order valence-electron chi connectivity index (χ4n) is 3.81. The van der Waals surface area contributed by atoms with Gasteiger partial charge in [0.1, 0.15) is 11.6 Å². The van der Waals surface area contributed by atoms with Gasteiger partial charge in [0.05, 0.1) is 16.4 Å². The summed E-state index contributed by atoms with van der Waals surface area (Å²) in [6.07, 6.45) is 3.22. The summed E-state index contributed by atoms with van der Waals surface area (Å²) in [6, 6.07) is 12.3. The molecule has 1 heterocycles. The summed E-state index contributed by atoms with van der Waals surface area (Å²) in [4.78, 5) is 12.3. The van der Waals surface area contributed by atoms with Gasteiger partial charge in [0.15, 0.2) is 0 Å². The second kappa shape index (κ2) is 9.17. The first-order valence-corrected chi connectivity index (χ1v) is 10.8. The number of anilines is 1. The minimum atomic E-state index is -0.550. The van der Waals surface area contributed by atoms with E-state index in [1.54, 1.807) is 62.9 Å². The number of nitrogens with two attached hydrogens (primary N) is 1. The van der Waals surface area contributed by atoms with E-state index in [0.717, 1.165) is 0 Å². The molecule has 0 amide bonds. The average Bonchev–Trinajstić information content (AvgIpc) is 3.13. The highest BCUT2D eigenvalue weighted by Crippen LogP contribution is 2.41. The van der Waals surface area contributed by atoms with E-state index in [1.165, 1.54) is 21.3 Å². The number of halogens is 2. The lowest BCUT2D eigenvalue weighted by Crippen LogP contribution is -2.20. The van der Waals surface area contributed by atoms with E-state index in [-0.39, 0.29) is 33.3 Å². The second-order valence-corrected chi connectivity index (χ2v) is 8.30. The van der Waals surface area contributed by atoms with Crippen LogP contribution in [0.2, 0.25) is 5.02 Å². The largest absolute Gasteiger partial charge is 0.507 e. The first-order chi connectivity index (χ1) is 16.2. The second-order valence-electron chi connectivity index (χ2n) is 7.89. The molecule has 4 aromatic rings. The number of phenols is 1. The molecule has 0 saturated carbocycles. The average molecular weight is 480 g/mol. The van der Waals surface area contributed by atoms with Gasteiger partial charge in [0.25, 0.3) is 0 Å². The van der Waals surface area contributed by atoms with E-state index >= 15 is 0 Å². The summed E-state index contributed by atoms with van der Waals surface area (Å²) in [5, 5.41) is 22.5. The Labute approximate surface area is 200 Å². The van der Waals surface area contributed by atoms with Crippen molar-refractivity contribution in [1.29, 1.82) is 5.41 Å². The molecule has 174 valence electrons. The predicted octanol–water partition coefficient (Wildman–Crippen LogP) is 4.18. The molecule has 0 atom stereocenters. The summed E-state index contributed by atoms with van der Waals surface area (Å²) in [5.41, 5.74) is 8.93. The summed E-state index contributed by atoms with van der Waals surface area (Å²) in [7, 11) is 3.36. The molecule has 0 saturated heterocycles. The summed E-state index contributed by atoms with van der Waals surface area (Å²) >= 11 is 6.46. The van der Waals surface area contributed by atoms with Crippen molar-refractivity contribution in [2.45, 2.75) is 0 Å². The van der Waals surface area contributed by atoms with Gasteiger partial charge in [-0.3, -0.25) is 4.57 Å². The molecule has 0 aliphatic rings. The molecule has 34 heavy (non-hydrogen) atoms. The Morgan fingerprint density at radius 2 is 1.76 bits per heavy atom. The zero-order valence-electron chi connectivity index (χ0n) is 18.6. The minimum Gasteiger partial charge on any atom is -0.507 e. The van der Waals surface area contributed by atoms with Crippen LogP contribution in [0.3, 0.4) is 0 Å². The van der Waals surface area contributed by atoms with Crippen molar-refractivity contribution in [3.05, 3.63) is 87.8 Å². The summed E-state index contributed by atoms with van der Waals surface area (Å²) in [5.74, 6) is -0.691. The van der Waals surface area contributed by atoms with Crippen LogP contribution in [0.25, 0.3) is 27.9 Å². The Morgan fingerprint density at radius 1 is 1.12 bits per heavy atom. The maximum absolute atomic E-state index is 14.7. The Morgan fingerprint density at radius 3 is 2.35 bits per heavy atom. The molecule has 0 spiro atoms. The number of nitrogens with one attached hydrogen (secondary N) is 2. The molecule has 0 aliphatic heterocycles. The van der Waals surface area contributed by atoms with Crippen molar-refractivity contribution in [3.8, 4) is 33.7 Å². The van der Waals surface area contributed by atoms with Crippen LogP contribution in [0.5, 0.6) is 5.75 Å². The van der Waals surface area contributed by atoms with Crippen LogP contribution in [0.15, 0.2) is 65.7 Å². The standard InChI is InChI=1S/C25H23ClFN5O2/c1-30-13-22(29)19-9-14(3-5-21(19)28)17-11-16(27)12-18(24(17)33)15-4-6-23(20(26)10-15)32-8-7-31(2)25(32)34/h3-12,29-30,33H,13,28H2,1-2H3. The molecule has 4 rings (SSSR count). The number of rotatable bonds is 6. The van der Waals surface area contributed by atoms with E-state index in [2.05, 4.69) is 5.32 Å². The topological polar surface area (TPSA) is 109 Å². The van der Waals surface area contributed by atoms with Gasteiger partial charge in [0.2, 0.25) is 0 Å². The molecule has 9 heteroatoms. The van der Waals surface area contributed by atoms with Crippen LogP contribution in [-0.2, 0) is 7.05 Å². The van der Waals surface area contributed by atoms with Crippen LogP contribution in [-0.4, -0.2) is 33.5 Å². The number of nitrogens with zero attached hydrogens (tertiary/aromatic N) is 2. The number of aromatic hydroxyl groups is 1. The lowest BCUT2D eigenvalue weighted by molar-refractivity contribution is 0.477. The molecule has 5 N–H and O–H groups in total. The Kier molecular flexibility index (Phi) is 6.28.